The number of nitrogens with zero attached hydrogens (tertiary/aromatic N) is 2. The van der Waals surface area contributed by atoms with E-state index in [1.165, 1.54) is 23.1 Å². The summed E-state index contributed by atoms with van der Waals surface area (Å²) in [6.07, 6.45) is 0. The lowest BCUT2D eigenvalue weighted by atomic mass is 10.2. The van der Waals surface area contributed by atoms with Crippen LogP contribution < -0.4 is 0 Å². The van der Waals surface area contributed by atoms with E-state index in [2.05, 4.69) is 4.90 Å². The Balaban J connectivity index is 2.02. The van der Waals surface area contributed by atoms with Crippen LogP contribution in [0.4, 0.5) is 4.39 Å². The summed E-state index contributed by atoms with van der Waals surface area (Å²) in [5.41, 5.74) is -0.0667. The van der Waals surface area contributed by atoms with E-state index in [4.69, 9.17) is 21.4 Å². The summed E-state index contributed by atoms with van der Waals surface area (Å²) in [4.78, 5) is 16.1. The predicted molar refractivity (Wildman–Crippen MR) is 81.7 cm³/mol. The maximum atomic E-state index is 14.0. The van der Waals surface area contributed by atoms with Crippen molar-refractivity contribution in [3.8, 4) is 0 Å². The average molecular weight is 331 g/mol. The zero-order valence-corrected chi connectivity index (χ0v) is 13.1. The monoisotopic (exact) mass is 330 g/mol. The van der Waals surface area contributed by atoms with Crippen molar-refractivity contribution >= 4 is 17.5 Å². The molecule has 1 heterocycles. The third kappa shape index (κ3) is 4.39. The number of aliphatic hydroxyl groups is 1. The van der Waals surface area contributed by atoms with Gasteiger partial charge in [0.15, 0.2) is 5.82 Å². The highest BCUT2D eigenvalue weighted by molar-refractivity contribution is 6.31. The van der Waals surface area contributed by atoms with Crippen molar-refractivity contribution in [3.63, 3.8) is 0 Å². The Morgan fingerprint density at radius 1 is 1.36 bits per heavy atom. The second kappa shape index (κ2) is 8.43. The molecule has 122 valence electrons. The molecular formula is C15H20ClFN2O3. The number of halogens is 2. The highest BCUT2D eigenvalue weighted by Gasteiger charge is 2.21. The molecule has 1 fully saturated rings. The summed E-state index contributed by atoms with van der Waals surface area (Å²) >= 11 is 5.72. The Morgan fingerprint density at radius 2 is 2.09 bits per heavy atom. The lowest BCUT2D eigenvalue weighted by Crippen LogP contribution is -2.44. The first-order valence-corrected chi connectivity index (χ1v) is 7.65. The van der Waals surface area contributed by atoms with Gasteiger partial charge in [-0.3, -0.25) is 9.69 Å². The second-order valence-electron chi connectivity index (χ2n) is 5.07. The molecule has 22 heavy (non-hydrogen) atoms. The molecule has 1 aliphatic rings. The number of benzene rings is 1. The Labute approximate surface area is 134 Å². The Hall–Kier alpha value is -1.21. The Morgan fingerprint density at radius 3 is 2.77 bits per heavy atom. The van der Waals surface area contributed by atoms with Crippen LogP contribution in [0.5, 0.6) is 0 Å². The summed E-state index contributed by atoms with van der Waals surface area (Å²) < 4.78 is 19.3. The first kappa shape index (κ1) is 17.1. The van der Waals surface area contributed by atoms with Gasteiger partial charge in [-0.1, -0.05) is 17.7 Å². The molecule has 0 radical (unpaired) electrons. The fraction of sp³-hybridized carbons (Fsp3) is 0.533. The summed E-state index contributed by atoms with van der Waals surface area (Å²) in [5, 5.41) is 9.07. The van der Waals surface area contributed by atoms with E-state index in [-0.39, 0.29) is 23.7 Å². The molecule has 0 unspecified atom stereocenters. The molecule has 1 amide bonds. The third-order valence-electron chi connectivity index (χ3n) is 3.63. The predicted octanol–water partition coefficient (Wildman–Crippen LogP) is 1.25. The number of ether oxygens (including phenoxy) is 1. The molecule has 0 spiro atoms. The summed E-state index contributed by atoms with van der Waals surface area (Å²) in [7, 11) is 0. The number of hydrogen-bond donors (Lipinski definition) is 1. The van der Waals surface area contributed by atoms with E-state index in [1.807, 2.05) is 0 Å². The van der Waals surface area contributed by atoms with E-state index in [9.17, 15) is 9.18 Å². The number of morpholine rings is 1. The van der Waals surface area contributed by atoms with E-state index < -0.39 is 11.7 Å². The maximum Gasteiger partial charge on any atom is 0.257 e. The van der Waals surface area contributed by atoms with Crippen molar-refractivity contribution in [1.82, 2.24) is 9.80 Å². The standard InChI is InChI=1S/C15H20ClFN2O3/c16-13-3-1-2-12(14(13)17)15(21)19(6-9-20)5-4-18-7-10-22-11-8-18/h1-3,20H,4-11H2. The van der Waals surface area contributed by atoms with Gasteiger partial charge in [-0.15, -0.1) is 0 Å². The Kier molecular flexibility index (Phi) is 6.57. The van der Waals surface area contributed by atoms with E-state index in [0.717, 1.165) is 13.1 Å². The zero-order chi connectivity index (χ0) is 15.9. The molecule has 1 saturated heterocycles. The van der Waals surface area contributed by atoms with Crippen LogP contribution in [-0.4, -0.2) is 73.4 Å². The molecule has 1 aromatic rings. The van der Waals surface area contributed by atoms with Crippen molar-refractivity contribution in [1.29, 1.82) is 0 Å². The minimum atomic E-state index is -0.719. The molecular weight excluding hydrogens is 311 g/mol. The van der Waals surface area contributed by atoms with Gasteiger partial charge in [0.25, 0.3) is 5.91 Å². The maximum absolute atomic E-state index is 14.0. The molecule has 1 aromatic carbocycles. The number of rotatable bonds is 6. The minimum absolute atomic E-state index is 0.0667. The van der Waals surface area contributed by atoms with Gasteiger partial charge >= 0.3 is 0 Å². The fourth-order valence-corrected chi connectivity index (χ4v) is 2.54. The van der Waals surface area contributed by atoms with Crippen LogP contribution in [0.2, 0.25) is 5.02 Å². The van der Waals surface area contributed by atoms with Gasteiger partial charge in [-0.25, -0.2) is 4.39 Å². The van der Waals surface area contributed by atoms with E-state index in [0.29, 0.717) is 26.3 Å². The number of amides is 1. The molecule has 0 saturated carbocycles. The normalized spacial score (nSPS) is 15.8. The molecule has 0 aliphatic carbocycles. The third-order valence-corrected chi connectivity index (χ3v) is 3.92. The molecule has 0 aromatic heterocycles. The second-order valence-corrected chi connectivity index (χ2v) is 5.48. The summed E-state index contributed by atoms with van der Waals surface area (Å²) in [6.45, 7) is 4.06. The fourth-order valence-electron chi connectivity index (χ4n) is 2.36. The van der Waals surface area contributed by atoms with Gasteiger partial charge in [0.2, 0.25) is 0 Å². The van der Waals surface area contributed by atoms with Crippen LogP contribution in [-0.2, 0) is 4.74 Å². The van der Waals surface area contributed by atoms with Crippen molar-refractivity contribution in [3.05, 3.63) is 34.6 Å². The first-order valence-electron chi connectivity index (χ1n) is 7.27. The Bertz CT molecular complexity index is 510. The molecule has 0 bridgehead atoms. The van der Waals surface area contributed by atoms with Gasteiger partial charge in [-0.05, 0) is 12.1 Å². The SMILES string of the molecule is O=C(c1cccc(Cl)c1F)N(CCO)CCN1CCOCC1. The van der Waals surface area contributed by atoms with Crippen molar-refractivity contribution in [2.75, 3.05) is 52.5 Å². The molecule has 1 N–H and O–H groups in total. The lowest BCUT2D eigenvalue weighted by molar-refractivity contribution is 0.0315. The van der Waals surface area contributed by atoms with E-state index >= 15 is 0 Å². The van der Waals surface area contributed by atoms with Crippen LogP contribution in [0.1, 0.15) is 10.4 Å². The molecule has 5 nitrogen and oxygen atoms in total. The van der Waals surface area contributed by atoms with Crippen LogP contribution in [0.25, 0.3) is 0 Å². The molecule has 0 atom stereocenters. The van der Waals surface area contributed by atoms with Gasteiger partial charge in [0.1, 0.15) is 0 Å². The molecule has 2 rings (SSSR count). The van der Waals surface area contributed by atoms with Crippen LogP contribution >= 0.6 is 11.6 Å². The molecule has 1 aliphatic heterocycles. The highest BCUT2D eigenvalue weighted by Crippen LogP contribution is 2.19. The van der Waals surface area contributed by atoms with Crippen LogP contribution in [0.15, 0.2) is 18.2 Å². The first-order chi connectivity index (χ1) is 10.6. The van der Waals surface area contributed by atoms with Crippen molar-refractivity contribution in [2.24, 2.45) is 0 Å². The van der Waals surface area contributed by atoms with Crippen molar-refractivity contribution < 1.29 is 19.0 Å². The molecule has 7 heteroatoms. The smallest absolute Gasteiger partial charge is 0.257 e. The lowest BCUT2D eigenvalue weighted by Gasteiger charge is -2.30. The van der Waals surface area contributed by atoms with Crippen molar-refractivity contribution in [2.45, 2.75) is 0 Å². The summed E-state index contributed by atoms with van der Waals surface area (Å²) in [5.74, 6) is -1.18. The zero-order valence-electron chi connectivity index (χ0n) is 12.3. The number of carbonyl (C=O) groups excluding carboxylic acids is 1. The van der Waals surface area contributed by atoms with Gasteiger partial charge < -0.3 is 14.7 Å². The minimum Gasteiger partial charge on any atom is -0.395 e. The van der Waals surface area contributed by atoms with Crippen LogP contribution in [0, 0.1) is 5.82 Å². The highest BCUT2D eigenvalue weighted by atomic mass is 35.5. The average Bonchev–Trinajstić information content (AvgIpc) is 2.54. The van der Waals surface area contributed by atoms with E-state index in [1.54, 1.807) is 0 Å². The largest absolute Gasteiger partial charge is 0.395 e. The number of aliphatic hydroxyl groups excluding tert-OH is 1. The number of carbonyl (C=O) groups is 1. The van der Waals surface area contributed by atoms with Gasteiger partial charge in [0.05, 0.1) is 30.4 Å². The van der Waals surface area contributed by atoms with Gasteiger partial charge in [-0.2, -0.15) is 0 Å². The number of hydrogen-bond acceptors (Lipinski definition) is 4. The van der Waals surface area contributed by atoms with Crippen LogP contribution in [0.3, 0.4) is 0 Å². The quantitative estimate of drug-likeness (QED) is 0.853. The topological polar surface area (TPSA) is 53.0 Å². The summed E-state index contributed by atoms with van der Waals surface area (Å²) in [6, 6.07) is 4.35. The van der Waals surface area contributed by atoms with Gasteiger partial charge in [0, 0.05) is 32.7 Å².